The lowest BCUT2D eigenvalue weighted by Gasteiger charge is -2.45. The van der Waals surface area contributed by atoms with Gasteiger partial charge >= 0.3 is 0 Å². The molecule has 124 valence electrons. The molecule has 1 spiro atoms. The molecule has 1 saturated carbocycles. The Morgan fingerprint density at radius 2 is 1.71 bits per heavy atom. The number of rotatable bonds is 2. The quantitative estimate of drug-likeness (QED) is 0.776. The predicted octanol–water partition coefficient (Wildman–Crippen LogP) is 3.87. The fraction of sp³-hybridized carbons (Fsp3) is 0.938. The molecule has 2 aliphatic rings. The summed E-state index contributed by atoms with van der Waals surface area (Å²) in [6, 6.07) is 0. The van der Waals surface area contributed by atoms with Crippen LogP contribution in [0.25, 0.3) is 0 Å². The summed E-state index contributed by atoms with van der Waals surface area (Å²) < 4.78 is 27.4. The molecule has 0 amide bonds. The van der Waals surface area contributed by atoms with Gasteiger partial charge in [0.25, 0.3) is 0 Å². The van der Waals surface area contributed by atoms with E-state index in [2.05, 4.69) is 32.1 Å². The first-order valence-corrected chi connectivity index (χ1v) is 9.56. The van der Waals surface area contributed by atoms with Crippen molar-refractivity contribution >= 4 is 16.7 Å². The monoisotopic (exact) mass is 317 g/mol. The highest BCUT2D eigenvalue weighted by Gasteiger charge is 2.46. The average Bonchev–Trinajstić information content (AvgIpc) is 2.44. The second kappa shape index (κ2) is 8.39. The van der Waals surface area contributed by atoms with Gasteiger partial charge < -0.3 is 9.47 Å². The van der Waals surface area contributed by atoms with Crippen molar-refractivity contribution in [1.29, 1.82) is 0 Å². The van der Waals surface area contributed by atoms with E-state index >= 15 is 0 Å². The fourth-order valence-electron chi connectivity index (χ4n) is 2.27. The van der Waals surface area contributed by atoms with E-state index in [0.717, 1.165) is 31.4 Å². The molecule has 0 aromatic rings. The zero-order valence-electron chi connectivity index (χ0n) is 14.2. The molecular weight excluding hydrogens is 286 g/mol. The Labute approximate surface area is 132 Å². The first-order valence-electron chi connectivity index (χ1n) is 8.05. The molecule has 0 aromatic carbocycles. The molecule has 2 rings (SSSR count). The van der Waals surface area contributed by atoms with Gasteiger partial charge in [0.1, 0.15) is 11.0 Å². The summed E-state index contributed by atoms with van der Waals surface area (Å²) in [6.07, 6.45) is 8.05. The average molecular weight is 317 g/mol. The van der Waals surface area contributed by atoms with E-state index in [1.165, 1.54) is 12.8 Å². The van der Waals surface area contributed by atoms with Crippen LogP contribution in [0.15, 0.2) is 4.40 Å². The summed E-state index contributed by atoms with van der Waals surface area (Å²) in [7, 11) is -1.18. The predicted molar refractivity (Wildman–Crippen MR) is 89.0 cm³/mol. The van der Waals surface area contributed by atoms with E-state index in [1.807, 2.05) is 0 Å². The van der Waals surface area contributed by atoms with Crippen molar-refractivity contribution in [1.82, 2.24) is 0 Å². The van der Waals surface area contributed by atoms with Crippen molar-refractivity contribution in [2.24, 2.45) is 9.81 Å². The van der Waals surface area contributed by atoms with Gasteiger partial charge in [-0.2, -0.15) is 4.40 Å². The molecule has 1 heterocycles. The van der Waals surface area contributed by atoms with Gasteiger partial charge in [0.2, 0.25) is 5.79 Å². The van der Waals surface area contributed by atoms with Crippen molar-refractivity contribution in [2.75, 3.05) is 19.5 Å². The van der Waals surface area contributed by atoms with Crippen LogP contribution in [0.2, 0.25) is 0 Å². The van der Waals surface area contributed by atoms with E-state index < -0.39 is 16.8 Å². The Bertz CT molecular complexity index is 368. The van der Waals surface area contributed by atoms with Crippen molar-refractivity contribution in [3.63, 3.8) is 0 Å². The molecule has 4 nitrogen and oxygen atoms in total. The smallest absolute Gasteiger partial charge is 0.209 e. The summed E-state index contributed by atoms with van der Waals surface area (Å²) in [5.74, 6) is -0.681. The number of hydrogen-bond acceptors (Lipinski definition) is 3. The fourth-order valence-corrected chi connectivity index (χ4v) is 2.81. The van der Waals surface area contributed by atoms with Gasteiger partial charge in [-0.05, 0) is 19.3 Å². The van der Waals surface area contributed by atoms with Crippen LogP contribution in [0, 0.1) is 5.41 Å². The van der Waals surface area contributed by atoms with Gasteiger partial charge in [-0.25, -0.2) is 4.21 Å². The normalized spacial score (nSPS) is 27.0. The Morgan fingerprint density at radius 1 is 1.14 bits per heavy atom. The van der Waals surface area contributed by atoms with Gasteiger partial charge in [-0.3, -0.25) is 0 Å². The molecule has 1 atom stereocenters. The highest BCUT2D eigenvalue weighted by molar-refractivity contribution is 7.83. The van der Waals surface area contributed by atoms with Gasteiger partial charge in [0.15, 0.2) is 0 Å². The number of ether oxygens (including phenoxy) is 2. The van der Waals surface area contributed by atoms with Crippen molar-refractivity contribution in [3.8, 4) is 0 Å². The first kappa shape index (κ1) is 18.8. The minimum atomic E-state index is -1.18. The number of unbranched alkanes of at least 4 members (excludes halogenated alkanes) is 1. The summed E-state index contributed by atoms with van der Waals surface area (Å²) in [5.41, 5.74) is 0.888. The standard InChI is InChI=1S/C12H21NO3S.C4H10/c1-11(2)8-15-12(16-9-11)7-5-4-6-10(12)13-17(3)14;1-3-4-2/h4-9H2,1-3H3;3-4H2,1-2H3/b13-10+;. The van der Waals surface area contributed by atoms with Gasteiger partial charge in [0.05, 0.1) is 18.9 Å². The van der Waals surface area contributed by atoms with Crippen LogP contribution in [0.5, 0.6) is 0 Å². The summed E-state index contributed by atoms with van der Waals surface area (Å²) in [5, 5.41) is 0. The molecular formula is C16H31NO3S. The van der Waals surface area contributed by atoms with Gasteiger partial charge in [-0.15, -0.1) is 0 Å². The highest BCUT2D eigenvalue weighted by Crippen LogP contribution is 2.37. The van der Waals surface area contributed by atoms with E-state index in [9.17, 15) is 4.21 Å². The van der Waals surface area contributed by atoms with Crippen molar-refractivity contribution < 1.29 is 13.7 Å². The SMILES string of the molecule is CCCC.CS(=O)/N=C1\CCCCC12OCC(C)(C)CO2. The maximum atomic E-state index is 11.3. The molecule has 1 unspecified atom stereocenters. The second-order valence-electron chi connectivity index (χ2n) is 6.66. The van der Waals surface area contributed by atoms with Crippen molar-refractivity contribution in [2.45, 2.75) is 72.0 Å². The van der Waals surface area contributed by atoms with Crippen LogP contribution in [0.4, 0.5) is 0 Å². The van der Waals surface area contributed by atoms with Crippen LogP contribution >= 0.6 is 0 Å². The summed E-state index contributed by atoms with van der Waals surface area (Å²) >= 11 is 0. The minimum absolute atomic E-state index is 0.0547. The Kier molecular flexibility index (Phi) is 7.51. The third-order valence-corrected chi connectivity index (χ3v) is 4.22. The topological polar surface area (TPSA) is 47.9 Å². The maximum Gasteiger partial charge on any atom is 0.209 e. The van der Waals surface area contributed by atoms with E-state index in [4.69, 9.17) is 9.47 Å². The zero-order chi connectivity index (χ0) is 15.9. The Hall–Kier alpha value is -0.260. The second-order valence-corrected chi connectivity index (χ2v) is 7.69. The molecule has 1 saturated heterocycles. The molecule has 21 heavy (non-hydrogen) atoms. The molecule has 0 bridgehead atoms. The van der Waals surface area contributed by atoms with Crippen LogP contribution in [-0.4, -0.2) is 35.2 Å². The summed E-state index contributed by atoms with van der Waals surface area (Å²) in [4.78, 5) is 0. The lowest BCUT2D eigenvalue weighted by molar-refractivity contribution is -0.265. The number of nitrogens with zero attached hydrogens (tertiary/aromatic N) is 1. The van der Waals surface area contributed by atoms with Gasteiger partial charge in [-0.1, -0.05) is 40.5 Å². The molecule has 2 fully saturated rings. The molecule has 1 aliphatic heterocycles. The molecule has 5 heteroatoms. The minimum Gasteiger partial charge on any atom is -0.344 e. The lowest BCUT2D eigenvalue weighted by Crippen LogP contribution is -2.54. The van der Waals surface area contributed by atoms with E-state index in [-0.39, 0.29) is 5.41 Å². The lowest BCUT2D eigenvalue weighted by atomic mass is 9.88. The largest absolute Gasteiger partial charge is 0.344 e. The van der Waals surface area contributed by atoms with Crippen LogP contribution < -0.4 is 0 Å². The number of hydrogen-bond donors (Lipinski definition) is 0. The van der Waals surface area contributed by atoms with Crippen molar-refractivity contribution in [3.05, 3.63) is 0 Å². The van der Waals surface area contributed by atoms with Crippen LogP contribution in [-0.2, 0) is 20.5 Å². The third kappa shape index (κ3) is 5.80. The van der Waals surface area contributed by atoms with E-state index in [0.29, 0.717) is 13.2 Å². The zero-order valence-corrected chi connectivity index (χ0v) is 15.1. The molecule has 0 radical (unpaired) electrons. The molecule has 1 aliphatic carbocycles. The summed E-state index contributed by atoms with van der Waals surface area (Å²) in [6.45, 7) is 9.94. The van der Waals surface area contributed by atoms with Crippen LogP contribution in [0.3, 0.4) is 0 Å². The molecule has 0 aromatic heterocycles. The third-order valence-electron chi connectivity index (χ3n) is 3.74. The highest BCUT2D eigenvalue weighted by atomic mass is 32.2. The van der Waals surface area contributed by atoms with Crippen LogP contribution in [0.1, 0.15) is 66.2 Å². The maximum absolute atomic E-state index is 11.3. The Morgan fingerprint density at radius 3 is 2.19 bits per heavy atom. The first-order chi connectivity index (χ1) is 9.85. The van der Waals surface area contributed by atoms with E-state index in [1.54, 1.807) is 6.26 Å². The molecule has 0 N–H and O–H groups in total. The van der Waals surface area contributed by atoms with Gasteiger partial charge in [0, 0.05) is 18.1 Å². The Balaban J connectivity index is 0.000000491.